The van der Waals surface area contributed by atoms with Crippen LogP contribution in [0.3, 0.4) is 0 Å². The first-order valence-electron chi connectivity index (χ1n) is 6.77. The van der Waals surface area contributed by atoms with Crippen LogP contribution in [0.2, 0.25) is 0 Å². The molecular formula is C15H27NO2. The van der Waals surface area contributed by atoms with Crippen molar-refractivity contribution in [2.45, 2.75) is 60.9 Å². The second-order valence-corrected chi connectivity index (χ2v) is 7.80. The van der Waals surface area contributed by atoms with E-state index in [0.29, 0.717) is 0 Å². The first kappa shape index (κ1) is 15.2. The Morgan fingerprint density at radius 2 is 1.39 bits per heavy atom. The third kappa shape index (κ3) is 2.45. The van der Waals surface area contributed by atoms with Crippen LogP contribution in [0.1, 0.15) is 55.4 Å². The highest BCUT2D eigenvalue weighted by Crippen LogP contribution is 2.44. The van der Waals surface area contributed by atoms with Gasteiger partial charge in [-0.15, -0.1) is 0 Å². The molecular weight excluding hydrogens is 226 g/mol. The van der Waals surface area contributed by atoms with Crippen LogP contribution in [0, 0.1) is 23.2 Å². The van der Waals surface area contributed by atoms with E-state index in [9.17, 15) is 9.59 Å². The molecule has 1 aliphatic heterocycles. The molecule has 1 heterocycles. The molecule has 3 nitrogen and oxygen atoms in total. The van der Waals surface area contributed by atoms with Crippen LogP contribution in [-0.2, 0) is 9.59 Å². The van der Waals surface area contributed by atoms with Crippen molar-refractivity contribution in [3.8, 4) is 0 Å². The number of carbonyl (C=O) groups excluding carboxylic acids is 2. The van der Waals surface area contributed by atoms with Crippen molar-refractivity contribution in [2.75, 3.05) is 0 Å². The van der Waals surface area contributed by atoms with E-state index in [1.165, 1.54) is 4.90 Å². The Kier molecular flexibility index (Phi) is 3.68. The fourth-order valence-electron chi connectivity index (χ4n) is 2.93. The van der Waals surface area contributed by atoms with Crippen LogP contribution >= 0.6 is 0 Å². The summed E-state index contributed by atoms with van der Waals surface area (Å²) in [6.07, 6.45) is 0. The van der Waals surface area contributed by atoms with Crippen molar-refractivity contribution in [3.63, 3.8) is 0 Å². The van der Waals surface area contributed by atoms with Gasteiger partial charge in [-0.3, -0.25) is 14.5 Å². The lowest BCUT2D eigenvalue weighted by molar-refractivity contribution is -0.146. The predicted molar refractivity (Wildman–Crippen MR) is 72.9 cm³/mol. The minimum Gasteiger partial charge on any atom is -0.277 e. The smallest absolute Gasteiger partial charge is 0.234 e. The summed E-state index contributed by atoms with van der Waals surface area (Å²) in [6, 6.07) is 0. The van der Waals surface area contributed by atoms with Crippen LogP contribution in [0.4, 0.5) is 0 Å². The van der Waals surface area contributed by atoms with Crippen molar-refractivity contribution < 1.29 is 9.59 Å². The molecule has 18 heavy (non-hydrogen) atoms. The first-order valence-corrected chi connectivity index (χ1v) is 6.77. The molecule has 0 aromatic rings. The summed E-state index contributed by atoms with van der Waals surface area (Å²) in [6.45, 7) is 16.0. The Labute approximate surface area is 111 Å². The van der Waals surface area contributed by atoms with Gasteiger partial charge in [0.1, 0.15) is 0 Å². The zero-order valence-corrected chi connectivity index (χ0v) is 13.0. The second-order valence-electron chi connectivity index (χ2n) is 7.80. The van der Waals surface area contributed by atoms with Crippen molar-refractivity contribution in [3.05, 3.63) is 0 Å². The Hall–Kier alpha value is -0.860. The number of hydrogen-bond acceptors (Lipinski definition) is 2. The van der Waals surface area contributed by atoms with Crippen molar-refractivity contribution in [1.29, 1.82) is 0 Å². The van der Waals surface area contributed by atoms with Crippen LogP contribution in [0.15, 0.2) is 0 Å². The topological polar surface area (TPSA) is 37.4 Å². The second kappa shape index (κ2) is 4.36. The van der Waals surface area contributed by atoms with Gasteiger partial charge in [-0.2, -0.15) is 0 Å². The lowest BCUT2D eigenvalue weighted by Gasteiger charge is -2.32. The summed E-state index contributed by atoms with van der Waals surface area (Å²) in [7, 11) is 0. The van der Waals surface area contributed by atoms with E-state index in [1.807, 2.05) is 55.4 Å². The molecule has 2 amide bonds. The van der Waals surface area contributed by atoms with Gasteiger partial charge in [0.15, 0.2) is 0 Å². The lowest BCUT2D eigenvalue weighted by Crippen LogP contribution is -2.46. The summed E-state index contributed by atoms with van der Waals surface area (Å²) >= 11 is 0. The number of carbonyl (C=O) groups is 2. The zero-order chi connectivity index (χ0) is 14.5. The van der Waals surface area contributed by atoms with Gasteiger partial charge in [0.2, 0.25) is 11.8 Å². The molecule has 0 saturated carbocycles. The van der Waals surface area contributed by atoms with Gasteiger partial charge in [0, 0.05) is 5.54 Å². The third-order valence-corrected chi connectivity index (χ3v) is 3.67. The van der Waals surface area contributed by atoms with Crippen LogP contribution in [-0.4, -0.2) is 22.3 Å². The number of nitrogens with zero attached hydrogens (tertiary/aromatic N) is 1. The number of amides is 2. The van der Waals surface area contributed by atoms with E-state index in [-0.39, 0.29) is 35.0 Å². The first-order chi connectivity index (χ1) is 7.89. The zero-order valence-electron chi connectivity index (χ0n) is 13.0. The summed E-state index contributed by atoms with van der Waals surface area (Å²) in [5.41, 5.74) is -0.608. The average Bonchev–Trinajstić information content (AvgIpc) is 2.34. The summed E-state index contributed by atoms with van der Waals surface area (Å²) in [5, 5.41) is 0. The molecule has 1 fully saturated rings. The maximum absolute atomic E-state index is 12.6. The maximum atomic E-state index is 12.6. The Balaban J connectivity index is 3.28. The van der Waals surface area contributed by atoms with Crippen LogP contribution < -0.4 is 0 Å². The van der Waals surface area contributed by atoms with Gasteiger partial charge in [-0.05, 0) is 32.1 Å². The SMILES string of the molecule is CC(C)C1C(=O)N(C(C)(C)C)C(=O)C1C(C)(C)C. The molecule has 104 valence electrons. The molecule has 0 radical (unpaired) electrons. The van der Waals surface area contributed by atoms with Crippen molar-refractivity contribution in [2.24, 2.45) is 23.2 Å². The summed E-state index contributed by atoms with van der Waals surface area (Å²) in [4.78, 5) is 26.7. The van der Waals surface area contributed by atoms with Gasteiger partial charge >= 0.3 is 0 Å². The molecule has 0 aromatic carbocycles. The predicted octanol–water partition coefficient (Wildman–Crippen LogP) is 3.09. The number of imide groups is 1. The largest absolute Gasteiger partial charge is 0.277 e. The van der Waals surface area contributed by atoms with Crippen LogP contribution in [0.25, 0.3) is 0 Å². The van der Waals surface area contributed by atoms with E-state index in [0.717, 1.165) is 0 Å². The van der Waals surface area contributed by atoms with Gasteiger partial charge in [-0.1, -0.05) is 34.6 Å². The minimum atomic E-state index is -0.429. The van der Waals surface area contributed by atoms with Gasteiger partial charge in [0.05, 0.1) is 11.8 Å². The minimum absolute atomic E-state index is 0.00120. The summed E-state index contributed by atoms with van der Waals surface area (Å²) in [5.74, 6) is -0.194. The molecule has 1 rings (SSSR count). The van der Waals surface area contributed by atoms with Crippen molar-refractivity contribution in [1.82, 2.24) is 4.90 Å². The fraction of sp³-hybridized carbons (Fsp3) is 0.867. The van der Waals surface area contributed by atoms with E-state index < -0.39 is 5.54 Å². The third-order valence-electron chi connectivity index (χ3n) is 3.67. The highest BCUT2D eigenvalue weighted by atomic mass is 16.2. The molecule has 0 spiro atoms. The molecule has 2 unspecified atom stereocenters. The van der Waals surface area contributed by atoms with E-state index in [1.54, 1.807) is 0 Å². The van der Waals surface area contributed by atoms with E-state index in [4.69, 9.17) is 0 Å². The highest BCUT2D eigenvalue weighted by molar-refractivity contribution is 6.06. The van der Waals surface area contributed by atoms with Crippen LogP contribution in [0.5, 0.6) is 0 Å². The van der Waals surface area contributed by atoms with Gasteiger partial charge < -0.3 is 0 Å². The molecule has 0 aliphatic carbocycles. The Bertz CT molecular complexity index is 358. The molecule has 1 aliphatic rings. The number of rotatable bonds is 1. The van der Waals surface area contributed by atoms with E-state index >= 15 is 0 Å². The normalized spacial score (nSPS) is 26.4. The quantitative estimate of drug-likeness (QED) is 0.673. The Morgan fingerprint density at radius 1 is 0.944 bits per heavy atom. The van der Waals surface area contributed by atoms with Gasteiger partial charge in [-0.25, -0.2) is 0 Å². The molecule has 1 saturated heterocycles. The van der Waals surface area contributed by atoms with Gasteiger partial charge in [0.25, 0.3) is 0 Å². The standard InChI is InChI=1S/C15H27NO2/c1-9(2)10-11(14(3,4)5)13(18)16(12(10)17)15(6,7)8/h9-11H,1-8H3. The van der Waals surface area contributed by atoms with Crippen molar-refractivity contribution >= 4 is 11.8 Å². The average molecular weight is 253 g/mol. The fourth-order valence-corrected chi connectivity index (χ4v) is 2.93. The Morgan fingerprint density at radius 3 is 1.61 bits per heavy atom. The summed E-state index contributed by atoms with van der Waals surface area (Å²) < 4.78 is 0. The van der Waals surface area contributed by atoms with E-state index in [2.05, 4.69) is 0 Å². The molecule has 2 atom stereocenters. The number of likely N-dealkylation sites (tertiary alicyclic amines) is 1. The highest BCUT2D eigenvalue weighted by Gasteiger charge is 2.55. The molecule has 0 N–H and O–H groups in total. The maximum Gasteiger partial charge on any atom is 0.234 e. The molecule has 0 bridgehead atoms. The monoisotopic (exact) mass is 253 g/mol. The molecule has 3 heteroatoms. The lowest BCUT2D eigenvalue weighted by atomic mass is 9.71. The molecule has 0 aromatic heterocycles. The number of hydrogen-bond donors (Lipinski definition) is 0.